The number of pyridine rings is 1. The Labute approximate surface area is 189 Å². The SMILES string of the molecule is O=C(C[C@@]1(COc2ccc(Cl)cc2)CN(Cc2cccnc2)CCO1)N1CCCCC1. The predicted molar refractivity (Wildman–Crippen MR) is 120 cm³/mol. The Hall–Kier alpha value is -2.15. The highest BCUT2D eigenvalue weighted by atomic mass is 35.5. The first-order valence-corrected chi connectivity index (χ1v) is 11.4. The van der Waals surface area contributed by atoms with E-state index in [4.69, 9.17) is 21.1 Å². The first-order chi connectivity index (χ1) is 15.1. The highest BCUT2D eigenvalue weighted by Crippen LogP contribution is 2.27. The van der Waals surface area contributed by atoms with Crippen molar-refractivity contribution in [3.8, 4) is 5.75 Å². The average molecular weight is 444 g/mol. The van der Waals surface area contributed by atoms with Crippen LogP contribution in [0.3, 0.4) is 0 Å². The van der Waals surface area contributed by atoms with Crippen molar-refractivity contribution in [3.63, 3.8) is 0 Å². The maximum Gasteiger partial charge on any atom is 0.225 e. The van der Waals surface area contributed by atoms with Gasteiger partial charge in [-0.2, -0.15) is 0 Å². The average Bonchev–Trinajstić information content (AvgIpc) is 2.80. The van der Waals surface area contributed by atoms with Crippen LogP contribution in [-0.2, 0) is 16.1 Å². The molecule has 7 heteroatoms. The fourth-order valence-electron chi connectivity index (χ4n) is 4.33. The number of carbonyl (C=O) groups excluding carboxylic acids is 1. The monoisotopic (exact) mass is 443 g/mol. The summed E-state index contributed by atoms with van der Waals surface area (Å²) in [5.74, 6) is 0.879. The van der Waals surface area contributed by atoms with Gasteiger partial charge in [-0.3, -0.25) is 14.7 Å². The number of piperidine rings is 1. The molecule has 2 fully saturated rings. The normalized spacial score (nSPS) is 22.3. The highest BCUT2D eigenvalue weighted by molar-refractivity contribution is 6.30. The second-order valence-electron chi connectivity index (χ2n) is 8.46. The Morgan fingerprint density at radius 3 is 2.68 bits per heavy atom. The van der Waals surface area contributed by atoms with Crippen LogP contribution in [-0.4, -0.2) is 65.7 Å². The Balaban J connectivity index is 1.47. The summed E-state index contributed by atoms with van der Waals surface area (Å²) < 4.78 is 12.4. The molecule has 1 aromatic carbocycles. The number of nitrogens with zero attached hydrogens (tertiary/aromatic N) is 3. The van der Waals surface area contributed by atoms with E-state index in [1.807, 2.05) is 29.3 Å². The minimum Gasteiger partial charge on any atom is -0.491 e. The molecule has 6 nitrogen and oxygen atoms in total. The summed E-state index contributed by atoms with van der Waals surface area (Å²) in [6.45, 7) is 4.79. The second kappa shape index (κ2) is 10.4. The number of hydrogen-bond acceptors (Lipinski definition) is 5. The molecule has 1 amide bonds. The van der Waals surface area contributed by atoms with Crippen LogP contribution in [0.2, 0.25) is 5.02 Å². The number of morpholine rings is 1. The molecule has 4 rings (SSSR count). The van der Waals surface area contributed by atoms with Crippen LogP contribution in [0.15, 0.2) is 48.8 Å². The smallest absolute Gasteiger partial charge is 0.225 e. The van der Waals surface area contributed by atoms with Crippen LogP contribution in [0.4, 0.5) is 0 Å². The summed E-state index contributed by atoms with van der Waals surface area (Å²) in [5, 5.41) is 0.666. The zero-order chi connectivity index (χ0) is 21.5. The quantitative estimate of drug-likeness (QED) is 0.651. The van der Waals surface area contributed by atoms with Gasteiger partial charge in [-0.1, -0.05) is 17.7 Å². The summed E-state index contributed by atoms with van der Waals surface area (Å²) in [6, 6.07) is 11.3. The van der Waals surface area contributed by atoms with E-state index < -0.39 is 5.60 Å². The number of hydrogen-bond donors (Lipinski definition) is 0. The predicted octanol–water partition coefficient (Wildman–Crippen LogP) is 3.79. The molecule has 3 heterocycles. The van der Waals surface area contributed by atoms with Gasteiger partial charge in [0.25, 0.3) is 0 Å². The van der Waals surface area contributed by atoms with Gasteiger partial charge in [0.2, 0.25) is 5.91 Å². The molecule has 166 valence electrons. The Morgan fingerprint density at radius 2 is 1.94 bits per heavy atom. The van der Waals surface area contributed by atoms with Crippen molar-refractivity contribution in [2.45, 2.75) is 37.8 Å². The minimum atomic E-state index is -0.686. The van der Waals surface area contributed by atoms with Crippen LogP contribution in [0.5, 0.6) is 5.75 Å². The van der Waals surface area contributed by atoms with Crippen LogP contribution in [0.1, 0.15) is 31.2 Å². The van der Waals surface area contributed by atoms with E-state index in [0.717, 1.165) is 50.3 Å². The lowest BCUT2D eigenvalue weighted by molar-refractivity contribution is -0.157. The summed E-state index contributed by atoms with van der Waals surface area (Å²) in [7, 11) is 0. The summed E-state index contributed by atoms with van der Waals surface area (Å²) >= 11 is 6.00. The molecule has 2 aliphatic rings. The molecule has 0 bridgehead atoms. The lowest BCUT2D eigenvalue weighted by atomic mass is 9.96. The van der Waals surface area contributed by atoms with E-state index in [-0.39, 0.29) is 5.91 Å². The maximum atomic E-state index is 13.1. The van der Waals surface area contributed by atoms with Crippen molar-refractivity contribution >= 4 is 17.5 Å². The molecule has 0 aliphatic carbocycles. The first-order valence-electron chi connectivity index (χ1n) is 11.0. The van der Waals surface area contributed by atoms with Gasteiger partial charge in [-0.25, -0.2) is 0 Å². The number of benzene rings is 1. The van der Waals surface area contributed by atoms with Crippen LogP contribution >= 0.6 is 11.6 Å². The Kier molecular flexibility index (Phi) is 7.43. The van der Waals surface area contributed by atoms with Crippen molar-refractivity contribution in [3.05, 3.63) is 59.4 Å². The van der Waals surface area contributed by atoms with Crippen molar-refractivity contribution in [2.75, 3.05) is 39.4 Å². The van der Waals surface area contributed by atoms with Gasteiger partial charge in [0.05, 0.1) is 13.0 Å². The molecule has 0 unspecified atom stereocenters. The molecule has 1 aromatic heterocycles. The summed E-state index contributed by atoms with van der Waals surface area (Å²) in [4.78, 5) is 21.7. The molecule has 0 saturated carbocycles. The number of carbonyl (C=O) groups is 1. The van der Waals surface area contributed by atoms with Gasteiger partial charge < -0.3 is 14.4 Å². The van der Waals surface area contributed by atoms with E-state index in [9.17, 15) is 4.79 Å². The largest absolute Gasteiger partial charge is 0.491 e. The van der Waals surface area contributed by atoms with E-state index in [1.54, 1.807) is 18.3 Å². The molecule has 2 saturated heterocycles. The van der Waals surface area contributed by atoms with Gasteiger partial charge in [0.15, 0.2) is 0 Å². The van der Waals surface area contributed by atoms with Crippen LogP contribution in [0, 0.1) is 0 Å². The minimum absolute atomic E-state index is 0.155. The molecule has 0 N–H and O–H groups in total. The second-order valence-corrected chi connectivity index (χ2v) is 8.90. The maximum absolute atomic E-state index is 13.1. The number of rotatable bonds is 7. The van der Waals surface area contributed by atoms with Gasteiger partial charge in [-0.05, 0) is 55.2 Å². The molecule has 2 aliphatic heterocycles. The zero-order valence-corrected chi connectivity index (χ0v) is 18.6. The fourth-order valence-corrected chi connectivity index (χ4v) is 4.46. The van der Waals surface area contributed by atoms with Crippen molar-refractivity contribution < 1.29 is 14.3 Å². The molecule has 2 aromatic rings. The van der Waals surface area contributed by atoms with Gasteiger partial charge >= 0.3 is 0 Å². The Bertz CT molecular complexity index is 843. The number of ether oxygens (including phenoxy) is 2. The van der Waals surface area contributed by atoms with E-state index in [0.29, 0.717) is 31.2 Å². The summed E-state index contributed by atoms with van der Waals surface area (Å²) in [6.07, 6.45) is 7.35. The molecular weight excluding hydrogens is 414 g/mol. The van der Waals surface area contributed by atoms with Crippen LogP contribution in [0.25, 0.3) is 0 Å². The number of amides is 1. The molecule has 0 spiro atoms. The lowest BCUT2D eigenvalue weighted by Crippen LogP contribution is -2.57. The highest BCUT2D eigenvalue weighted by Gasteiger charge is 2.41. The zero-order valence-electron chi connectivity index (χ0n) is 17.8. The summed E-state index contributed by atoms with van der Waals surface area (Å²) in [5.41, 5.74) is 0.466. The standard InChI is InChI=1S/C24H30ClN3O3/c25-21-6-8-22(9-7-21)30-19-24(15-23(29)28-11-2-1-3-12-28)18-27(13-14-31-24)17-20-5-4-10-26-16-20/h4-10,16H,1-3,11-15,17-19H2/t24-/m0/s1. The lowest BCUT2D eigenvalue weighted by Gasteiger charge is -2.43. The van der Waals surface area contributed by atoms with Gasteiger partial charge in [0.1, 0.15) is 18.0 Å². The van der Waals surface area contributed by atoms with Crippen LogP contribution < -0.4 is 4.74 Å². The molecule has 0 radical (unpaired) electrons. The topological polar surface area (TPSA) is 54.9 Å². The molecule has 31 heavy (non-hydrogen) atoms. The van der Waals surface area contributed by atoms with E-state index >= 15 is 0 Å². The van der Waals surface area contributed by atoms with E-state index in [2.05, 4.69) is 16.0 Å². The first kappa shape index (κ1) is 22.1. The number of aromatic nitrogens is 1. The Morgan fingerprint density at radius 1 is 1.13 bits per heavy atom. The van der Waals surface area contributed by atoms with Gasteiger partial charge in [-0.15, -0.1) is 0 Å². The van der Waals surface area contributed by atoms with Gasteiger partial charge in [0, 0.05) is 50.1 Å². The number of halogens is 1. The fraction of sp³-hybridized carbons (Fsp3) is 0.500. The molecule has 1 atom stereocenters. The molecular formula is C24H30ClN3O3. The third-order valence-corrected chi connectivity index (χ3v) is 6.21. The third-order valence-electron chi connectivity index (χ3n) is 5.95. The van der Waals surface area contributed by atoms with Crippen molar-refractivity contribution in [2.24, 2.45) is 0 Å². The van der Waals surface area contributed by atoms with Crippen molar-refractivity contribution in [1.29, 1.82) is 0 Å². The van der Waals surface area contributed by atoms with Crippen molar-refractivity contribution in [1.82, 2.24) is 14.8 Å². The number of likely N-dealkylation sites (tertiary alicyclic amines) is 1. The van der Waals surface area contributed by atoms with E-state index in [1.165, 1.54) is 6.42 Å². The third kappa shape index (κ3) is 6.19.